The summed E-state index contributed by atoms with van der Waals surface area (Å²) in [6.07, 6.45) is 2.06. The minimum atomic E-state index is -1.18. The van der Waals surface area contributed by atoms with Crippen LogP contribution in [0, 0.1) is 0 Å². The van der Waals surface area contributed by atoms with Gasteiger partial charge in [-0.2, -0.15) is 0 Å². The first-order valence-corrected chi connectivity index (χ1v) is 9.39. The fraction of sp³-hybridized carbons (Fsp3) is 0.474. The van der Waals surface area contributed by atoms with E-state index < -0.39 is 42.3 Å². The average Bonchev–Trinajstić information content (AvgIpc) is 2.70. The second kappa shape index (κ2) is 13.2. The third-order valence-corrected chi connectivity index (χ3v) is 4.09. The molecule has 0 aliphatic carbocycles. The van der Waals surface area contributed by atoms with Gasteiger partial charge in [0.2, 0.25) is 17.7 Å². The van der Waals surface area contributed by atoms with E-state index in [-0.39, 0.29) is 13.0 Å². The Balaban J connectivity index is 2.33. The number of benzene rings is 1. The number of nitrogens with two attached hydrogens (primary N) is 2. The van der Waals surface area contributed by atoms with Crippen molar-refractivity contribution in [3.05, 3.63) is 35.9 Å². The SMILES string of the molecule is NCCCCC(N)C(=O)NCC(=O)NCC(=O)NC(Cc1ccccc1)C(=O)O. The zero-order valence-corrected chi connectivity index (χ0v) is 16.2. The zero-order valence-electron chi connectivity index (χ0n) is 16.2. The maximum Gasteiger partial charge on any atom is 0.326 e. The summed E-state index contributed by atoms with van der Waals surface area (Å²) in [7, 11) is 0. The van der Waals surface area contributed by atoms with Gasteiger partial charge in [-0.15, -0.1) is 0 Å². The van der Waals surface area contributed by atoms with Gasteiger partial charge in [-0.05, 0) is 24.9 Å². The number of carbonyl (C=O) groups excluding carboxylic acids is 3. The molecule has 1 aromatic rings. The first kappa shape index (κ1) is 24.1. The molecule has 1 rings (SSSR count). The molecule has 0 aliphatic heterocycles. The Hall–Kier alpha value is -2.98. The number of amides is 3. The molecule has 0 heterocycles. The highest BCUT2D eigenvalue weighted by Gasteiger charge is 2.20. The Morgan fingerprint density at radius 2 is 1.62 bits per heavy atom. The molecule has 10 heteroatoms. The number of hydrogen-bond donors (Lipinski definition) is 6. The van der Waals surface area contributed by atoms with Crippen LogP contribution in [0.4, 0.5) is 0 Å². The number of aliphatic carboxylic acids is 1. The first-order chi connectivity index (χ1) is 13.8. The van der Waals surface area contributed by atoms with Gasteiger partial charge in [-0.1, -0.05) is 36.8 Å². The molecule has 0 saturated heterocycles. The van der Waals surface area contributed by atoms with E-state index in [4.69, 9.17) is 11.5 Å². The summed E-state index contributed by atoms with van der Waals surface area (Å²) >= 11 is 0. The minimum Gasteiger partial charge on any atom is -0.480 e. The molecule has 10 nitrogen and oxygen atoms in total. The van der Waals surface area contributed by atoms with Crippen molar-refractivity contribution in [2.45, 2.75) is 37.8 Å². The molecule has 0 saturated carbocycles. The van der Waals surface area contributed by atoms with Crippen molar-refractivity contribution in [1.82, 2.24) is 16.0 Å². The Bertz CT molecular complexity index is 683. The van der Waals surface area contributed by atoms with Gasteiger partial charge < -0.3 is 32.5 Å². The molecule has 0 radical (unpaired) electrons. The van der Waals surface area contributed by atoms with Gasteiger partial charge >= 0.3 is 5.97 Å². The van der Waals surface area contributed by atoms with Crippen molar-refractivity contribution in [2.75, 3.05) is 19.6 Å². The van der Waals surface area contributed by atoms with Crippen LogP contribution >= 0.6 is 0 Å². The van der Waals surface area contributed by atoms with Crippen molar-refractivity contribution < 1.29 is 24.3 Å². The summed E-state index contributed by atoms with van der Waals surface area (Å²) in [5.41, 5.74) is 11.8. The summed E-state index contributed by atoms with van der Waals surface area (Å²) in [6.45, 7) is -0.216. The van der Waals surface area contributed by atoms with Crippen LogP contribution in [0.3, 0.4) is 0 Å². The van der Waals surface area contributed by atoms with Crippen molar-refractivity contribution in [1.29, 1.82) is 0 Å². The molecular formula is C19H29N5O5. The molecule has 0 spiro atoms. The van der Waals surface area contributed by atoms with Crippen LogP contribution in [-0.4, -0.2) is 60.5 Å². The average molecular weight is 407 g/mol. The normalized spacial score (nSPS) is 12.5. The van der Waals surface area contributed by atoms with E-state index in [2.05, 4.69) is 16.0 Å². The minimum absolute atomic E-state index is 0.119. The predicted octanol–water partition coefficient (Wildman–Crippen LogP) is -1.51. The Kier molecular flexibility index (Phi) is 11.0. The van der Waals surface area contributed by atoms with Crippen LogP contribution in [0.5, 0.6) is 0 Å². The fourth-order valence-electron chi connectivity index (χ4n) is 2.47. The third kappa shape index (κ3) is 10.2. The lowest BCUT2D eigenvalue weighted by Gasteiger charge is -2.15. The second-order valence-electron chi connectivity index (χ2n) is 6.53. The third-order valence-electron chi connectivity index (χ3n) is 4.09. The van der Waals surface area contributed by atoms with Gasteiger partial charge in [0.25, 0.3) is 0 Å². The van der Waals surface area contributed by atoms with Crippen LogP contribution < -0.4 is 27.4 Å². The van der Waals surface area contributed by atoms with Gasteiger partial charge in [0.1, 0.15) is 6.04 Å². The van der Waals surface area contributed by atoms with Crippen LogP contribution in [0.1, 0.15) is 24.8 Å². The Labute approximate surface area is 169 Å². The molecule has 0 bridgehead atoms. The highest BCUT2D eigenvalue weighted by Crippen LogP contribution is 2.03. The van der Waals surface area contributed by atoms with E-state index in [1.165, 1.54) is 0 Å². The maximum atomic E-state index is 11.9. The highest BCUT2D eigenvalue weighted by atomic mass is 16.4. The summed E-state index contributed by atoms with van der Waals surface area (Å²) in [5.74, 6) is -2.87. The van der Waals surface area contributed by atoms with E-state index >= 15 is 0 Å². The van der Waals surface area contributed by atoms with Gasteiger partial charge in [0.05, 0.1) is 19.1 Å². The molecule has 2 unspecified atom stereocenters. The van der Waals surface area contributed by atoms with Crippen LogP contribution in [0.25, 0.3) is 0 Å². The number of carboxylic acid groups (broad SMARTS) is 1. The molecule has 0 aromatic heterocycles. The molecule has 0 aliphatic rings. The van der Waals surface area contributed by atoms with E-state index in [0.29, 0.717) is 19.4 Å². The summed E-state index contributed by atoms with van der Waals surface area (Å²) in [4.78, 5) is 46.8. The van der Waals surface area contributed by atoms with E-state index in [1.807, 2.05) is 0 Å². The molecule has 29 heavy (non-hydrogen) atoms. The lowest BCUT2D eigenvalue weighted by atomic mass is 10.1. The summed E-state index contributed by atoms with van der Waals surface area (Å²) in [6, 6.07) is 7.02. The smallest absolute Gasteiger partial charge is 0.326 e. The number of carbonyl (C=O) groups is 4. The van der Waals surface area contributed by atoms with Crippen molar-refractivity contribution in [2.24, 2.45) is 11.5 Å². The summed E-state index contributed by atoms with van der Waals surface area (Å²) < 4.78 is 0. The number of rotatable bonds is 13. The van der Waals surface area contributed by atoms with Crippen LogP contribution in [-0.2, 0) is 25.6 Å². The quantitative estimate of drug-likeness (QED) is 0.215. The van der Waals surface area contributed by atoms with E-state index in [1.54, 1.807) is 30.3 Å². The lowest BCUT2D eigenvalue weighted by molar-refractivity contribution is -0.141. The highest BCUT2D eigenvalue weighted by molar-refractivity contribution is 5.90. The van der Waals surface area contributed by atoms with Gasteiger partial charge in [-0.3, -0.25) is 14.4 Å². The van der Waals surface area contributed by atoms with Crippen molar-refractivity contribution in [3.8, 4) is 0 Å². The topological polar surface area (TPSA) is 177 Å². The molecule has 0 fully saturated rings. The predicted molar refractivity (Wildman–Crippen MR) is 107 cm³/mol. The molecule has 160 valence electrons. The molecule has 2 atom stereocenters. The monoisotopic (exact) mass is 407 g/mol. The second-order valence-corrected chi connectivity index (χ2v) is 6.53. The Morgan fingerprint density at radius 1 is 0.966 bits per heavy atom. The first-order valence-electron chi connectivity index (χ1n) is 9.39. The van der Waals surface area contributed by atoms with Gasteiger partial charge in [0.15, 0.2) is 0 Å². The van der Waals surface area contributed by atoms with Crippen molar-refractivity contribution in [3.63, 3.8) is 0 Å². The zero-order chi connectivity index (χ0) is 21.6. The van der Waals surface area contributed by atoms with E-state index in [0.717, 1.165) is 12.0 Å². The maximum absolute atomic E-state index is 11.9. The number of carboxylic acids is 1. The number of hydrogen-bond acceptors (Lipinski definition) is 6. The number of nitrogens with one attached hydrogen (secondary N) is 3. The van der Waals surface area contributed by atoms with E-state index in [9.17, 15) is 24.3 Å². The van der Waals surface area contributed by atoms with Crippen LogP contribution in [0.15, 0.2) is 30.3 Å². The van der Waals surface area contributed by atoms with Crippen LogP contribution in [0.2, 0.25) is 0 Å². The fourth-order valence-corrected chi connectivity index (χ4v) is 2.47. The number of unbranched alkanes of at least 4 members (excludes halogenated alkanes) is 1. The van der Waals surface area contributed by atoms with Gasteiger partial charge in [0, 0.05) is 6.42 Å². The lowest BCUT2D eigenvalue weighted by Crippen LogP contribution is -2.49. The molecule has 3 amide bonds. The largest absolute Gasteiger partial charge is 0.480 e. The standard InChI is InChI=1S/C19H29N5O5/c20-9-5-4-8-14(21)18(27)23-11-16(25)22-12-17(26)24-15(19(28)29)10-13-6-2-1-3-7-13/h1-3,6-7,14-15H,4-5,8-12,20-21H2,(H,22,25)(H,23,27)(H,24,26)(H,28,29). The van der Waals surface area contributed by atoms with Gasteiger partial charge in [-0.25, -0.2) is 4.79 Å². The molecule has 1 aromatic carbocycles. The van der Waals surface area contributed by atoms with Crippen molar-refractivity contribution >= 4 is 23.7 Å². The summed E-state index contributed by atoms with van der Waals surface area (Å²) in [5, 5.41) is 16.3. The molecule has 8 N–H and O–H groups in total. The Morgan fingerprint density at radius 3 is 2.24 bits per heavy atom. The molecular weight excluding hydrogens is 378 g/mol.